The minimum atomic E-state index is -0.680. The van der Waals surface area contributed by atoms with E-state index in [9.17, 15) is 4.79 Å². The average molecular weight is 239 g/mol. The number of carbonyl (C=O) groups is 1. The number of ether oxygens (including phenoxy) is 1. The van der Waals surface area contributed by atoms with Crippen LogP contribution in [0.3, 0.4) is 0 Å². The maximum Gasteiger partial charge on any atom is 0.316 e. The van der Waals surface area contributed by atoms with Gasteiger partial charge in [0.25, 0.3) is 0 Å². The Labute approximate surface area is 100 Å². The number of hydrogen-bond donors (Lipinski definition) is 0. The molecule has 1 rings (SSSR count). The summed E-state index contributed by atoms with van der Waals surface area (Å²) in [4.78, 5) is 16.1. The van der Waals surface area contributed by atoms with Crippen LogP contribution in [0.4, 0.5) is 0 Å². The van der Waals surface area contributed by atoms with Crippen LogP contribution < -0.4 is 0 Å². The molecular weight excluding hydrogens is 222 g/mol. The van der Waals surface area contributed by atoms with Gasteiger partial charge < -0.3 is 4.74 Å². The van der Waals surface area contributed by atoms with E-state index in [0.717, 1.165) is 10.7 Å². The van der Waals surface area contributed by atoms with Crippen LogP contribution in [0.15, 0.2) is 18.0 Å². The molecule has 0 aliphatic carbocycles. The third-order valence-electron chi connectivity index (χ3n) is 2.38. The van der Waals surface area contributed by atoms with Crippen molar-refractivity contribution in [3.8, 4) is 0 Å². The van der Waals surface area contributed by atoms with E-state index in [-0.39, 0.29) is 5.97 Å². The van der Waals surface area contributed by atoms with Crippen LogP contribution in [0, 0.1) is 12.3 Å². The molecule has 88 valence electrons. The highest BCUT2D eigenvalue weighted by atomic mass is 32.1. The van der Waals surface area contributed by atoms with Gasteiger partial charge in [-0.05, 0) is 20.8 Å². The van der Waals surface area contributed by atoms with Crippen molar-refractivity contribution in [3.63, 3.8) is 0 Å². The quantitative estimate of drug-likeness (QED) is 0.586. The van der Waals surface area contributed by atoms with Crippen LogP contribution in [0.5, 0.6) is 0 Å². The van der Waals surface area contributed by atoms with Gasteiger partial charge in [-0.3, -0.25) is 4.79 Å². The molecule has 1 heterocycles. The number of nitrogens with zero attached hydrogens (tertiary/aromatic N) is 1. The van der Waals surface area contributed by atoms with Crippen LogP contribution >= 0.6 is 11.3 Å². The van der Waals surface area contributed by atoms with Gasteiger partial charge in [0.1, 0.15) is 0 Å². The first-order valence-electron chi connectivity index (χ1n) is 5.23. The van der Waals surface area contributed by atoms with Crippen LogP contribution in [-0.2, 0) is 16.0 Å². The van der Waals surface area contributed by atoms with E-state index in [1.54, 1.807) is 24.3 Å². The Bertz CT molecular complexity index is 386. The summed E-state index contributed by atoms with van der Waals surface area (Å²) in [5.41, 5.74) is 0.301. The van der Waals surface area contributed by atoms with Gasteiger partial charge in [0.05, 0.1) is 17.0 Å². The average Bonchev–Trinajstić information content (AvgIpc) is 2.64. The van der Waals surface area contributed by atoms with Crippen molar-refractivity contribution in [2.45, 2.75) is 27.2 Å². The molecule has 0 radical (unpaired) electrons. The Morgan fingerprint density at radius 1 is 1.75 bits per heavy atom. The molecule has 1 aromatic heterocycles. The van der Waals surface area contributed by atoms with E-state index >= 15 is 0 Å². The predicted molar refractivity (Wildman–Crippen MR) is 65.5 cm³/mol. The van der Waals surface area contributed by atoms with Gasteiger partial charge in [0, 0.05) is 17.5 Å². The lowest BCUT2D eigenvalue weighted by Gasteiger charge is -2.21. The summed E-state index contributed by atoms with van der Waals surface area (Å²) in [6.45, 7) is 9.67. The summed E-state index contributed by atoms with van der Waals surface area (Å²) in [5.74, 6) is -0.238. The van der Waals surface area contributed by atoms with E-state index in [0.29, 0.717) is 13.0 Å². The molecule has 0 bridgehead atoms. The summed E-state index contributed by atoms with van der Waals surface area (Å²) in [5, 5.41) is 2.91. The Hall–Kier alpha value is -1.16. The van der Waals surface area contributed by atoms with Gasteiger partial charge in [-0.2, -0.15) is 0 Å². The highest BCUT2D eigenvalue weighted by Crippen LogP contribution is 2.27. The van der Waals surface area contributed by atoms with E-state index in [1.807, 2.05) is 19.2 Å². The monoisotopic (exact) mass is 239 g/mol. The van der Waals surface area contributed by atoms with E-state index in [4.69, 9.17) is 4.74 Å². The Morgan fingerprint density at radius 2 is 2.44 bits per heavy atom. The number of aryl methyl sites for hydroxylation is 1. The summed E-state index contributed by atoms with van der Waals surface area (Å²) < 4.78 is 5.04. The van der Waals surface area contributed by atoms with Crippen molar-refractivity contribution in [1.29, 1.82) is 0 Å². The second kappa shape index (κ2) is 5.25. The van der Waals surface area contributed by atoms with Crippen molar-refractivity contribution in [2.24, 2.45) is 5.41 Å². The molecule has 0 N–H and O–H groups in total. The first-order chi connectivity index (χ1) is 7.51. The van der Waals surface area contributed by atoms with E-state index < -0.39 is 5.41 Å². The molecule has 0 spiro atoms. The Balaban J connectivity index is 2.81. The minimum absolute atomic E-state index is 0.238. The highest BCUT2D eigenvalue weighted by molar-refractivity contribution is 7.09. The van der Waals surface area contributed by atoms with Gasteiger partial charge in [-0.25, -0.2) is 4.98 Å². The first-order valence-corrected chi connectivity index (χ1v) is 6.11. The molecule has 4 heteroatoms. The topological polar surface area (TPSA) is 39.2 Å². The predicted octanol–water partition coefficient (Wildman–Crippen LogP) is 2.75. The SMILES string of the molecule is C=CC(C)(Cc1nc(C)cs1)C(=O)OCC. The lowest BCUT2D eigenvalue weighted by molar-refractivity contribution is -0.151. The van der Waals surface area contributed by atoms with E-state index in [1.165, 1.54) is 0 Å². The van der Waals surface area contributed by atoms with Gasteiger partial charge >= 0.3 is 5.97 Å². The van der Waals surface area contributed by atoms with Gasteiger partial charge in [0.2, 0.25) is 0 Å². The smallest absolute Gasteiger partial charge is 0.316 e. The lowest BCUT2D eigenvalue weighted by atomic mass is 9.87. The number of hydrogen-bond acceptors (Lipinski definition) is 4. The summed E-state index contributed by atoms with van der Waals surface area (Å²) in [6, 6.07) is 0. The maximum absolute atomic E-state index is 11.8. The zero-order chi connectivity index (χ0) is 12.2. The van der Waals surface area contributed by atoms with Crippen LogP contribution in [0.2, 0.25) is 0 Å². The van der Waals surface area contributed by atoms with Crippen LogP contribution in [0.1, 0.15) is 24.5 Å². The second-order valence-corrected chi connectivity index (χ2v) is 4.84. The zero-order valence-electron chi connectivity index (χ0n) is 9.95. The number of aromatic nitrogens is 1. The fourth-order valence-corrected chi connectivity index (χ4v) is 2.26. The molecule has 1 atom stereocenters. The summed E-state index contributed by atoms with van der Waals surface area (Å²) in [6.07, 6.45) is 2.19. The molecule has 1 aromatic rings. The molecule has 1 unspecified atom stereocenters. The number of carbonyl (C=O) groups excluding carboxylic acids is 1. The Morgan fingerprint density at radius 3 is 2.88 bits per heavy atom. The zero-order valence-corrected chi connectivity index (χ0v) is 10.8. The molecule has 0 aliphatic rings. The summed E-state index contributed by atoms with van der Waals surface area (Å²) in [7, 11) is 0. The minimum Gasteiger partial charge on any atom is -0.465 e. The number of esters is 1. The second-order valence-electron chi connectivity index (χ2n) is 3.90. The van der Waals surface area contributed by atoms with Crippen molar-refractivity contribution in [2.75, 3.05) is 6.61 Å². The third-order valence-corrected chi connectivity index (χ3v) is 3.34. The van der Waals surface area contributed by atoms with Gasteiger partial charge in [-0.1, -0.05) is 6.08 Å². The maximum atomic E-state index is 11.8. The van der Waals surface area contributed by atoms with E-state index in [2.05, 4.69) is 11.6 Å². The number of rotatable bonds is 5. The molecule has 16 heavy (non-hydrogen) atoms. The molecule has 0 aliphatic heterocycles. The van der Waals surface area contributed by atoms with Crippen LogP contribution in [0.25, 0.3) is 0 Å². The van der Waals surface area contributed by atoms with Crippen LogP contribution in [-0.4, -0.2) is 17.6 Å². The fourth-order valence-electron chi connectivity index (χ4n) is 1.32. The number of thiazole rings is 1. The highest BCUT2D eigenvalue weighted by Gasteiger charge is 2.32. The largest absolute Gasteiger partial charge is 0.465 e. The molecular formula is C12H17NO2S. The van der Waals surface area contributed by atoms with Crippen molar-refractivity contribution >= 4 is 17.3 Å². The molecule has 0 saturated carbocycles. The van der Waals surface area contributed by atoms with Gasteiger partial charge in [0.15, 0.2) is 0 Å². The first kappa shape index (κ1) is 12.9. The lowest BCUT2D eigenvalue weighted by Crippen LogP contribution is -2.30. The van der Waals surface area contributed by atoms with Gasteiger partial charge in [-0.15, -0.1) is 17.9 Å². The summed E-state index contributed by atoms with van der Waals surface area (Å²) >= 11 is 1.56. The molecule has 0 saturated heterocycles. The standard InChI is InChI=1S/C12H17NO2S/c1-5-12(4,11(14)15-6-2)7-10-13-9(3)8-16-10/h5,8H,1,6-7H2,2-4H3. The molecule has 0 fully saturated rings. The van der Waals surface area contributed by atoms with Crippen molar-refractivity contribution < 1.29 is 9.53 Å². The van der Waals surface area contributed by atoms with Crippen molar-refractivity contribution in [1.82, 2.24) is 4.98 Å². The third kappa shape index (κ3) is 2.92. The molecule has 3 nitrogen and oxygen atoms in total. The normalized spacial score (nSPS) is 14.2. The molecule has 0 aromatic carbocycles. The fraction of sp³-hybridized carbons (Fsp3) is 0.500. The molecule has 0 amide bonds. The van der Waals surface area contributed by atoms with Crippen molar-refractivity contribution in [3.05, 3.63) is 28.7 Å². The Kier molecular flexibility index (Phi) is 4.24.